The zero-order chi connectivity index (χ0) is 28.0. The highest BCUT2D eigenvalue weighted by Gasteiger charge is 2.37. The predicted octanol–water partition coefficient (Wildman–Crippen LogP) is 5.44. The molecule has 1 fully saturated rings. The first-order valence-electron chi connectivity index (χ1n) is 12.9. The van der Waals surface area contributed by atoms with Gasteiger partial charge in [0.25, 0.3) is 0 Å². The third kappa shape index (κ3) is 7.19. The van der Waals surface area contributed by atoms with E-state index < -0.39 is 35.8 Å². The maximum Gasteiger partial charge on any atom is 0.303 e. The van der Waals surface area contributed by atoms with Crippen molar-refractivity contribution < 1.29 is 37.7 Å². The molecule has 1 aromatic heterocycles. The summed E-state index contributed by atoms with van der Waals surface area (Å²) in [5.74, 6) is -1.64. The largest absolute Gasteiger partial charge is 0.497 e. The maximum atomic E-state index is 13.9. The smallest absolute Gasteiger partial charge is 0.303 e. The number of carbonyl (C=O) groups is 1. The van der Waals surface area contributed by atoms with Crippen LogP contribution in [0.2, 0.25) is 0 Å². The van der Waals surface area contributed by atoms with Crippen molar-refractivity contribution in [3.63, 3.8) is 0 Å². The molecule has 1 unspecified atom stereocenters. The van der Waals surface area contributed by atoms with Gasteiger partial charge in [0.15, 0.2) is 0 Å². The molecule has 39 heavy (non-hydrogen) atoms. The topological polar surface area (TPSA) is 92.1 Å². The summed E-state index contributed by atoms with van der Waals surface area (Å²) < 4.78 is 51.4. The minimum absolute atomic E-state index is 0.0342. The van der Waals surface area contributed by atoms with Gasteiger partial charge < -0.3 is 19.7 Å². The Morgan fingerprint density at radius 3 is 2.49 bits per heavy atom. The lowest BCUT2D eigenvalue weighted by molar-refractivity contribution is -0.141. The third-order valence-corrected chi connectivity index (χ3v) is 7.58. The molecule has 0 saturated carbocycles. The molecular weight excluding hydrogens is 513 g/mol. The number of methoxy groups -OCH3 is 1. The number of carboxylic acid groups (broad SMARTS) is 1. The SMILES string of the molecule is COc1ccc2ncc(CF)c(C(O)CCC3(CC(=O)O)CCN(CCOc4cc(F)cc(F)c4)CC3)c2c1. The van der Waals surface area contributed by atoms with E-state index in [4.69, 9.17) is 9.47 Å². The minimum atomic E-state index is -1.00. The van der Waals surface area contributed by atoms with Crippen LogP contribution in [0.4, 0.5) is 13.2 Å². The molecule has 2 heterocycles. The number of nitrogens with zero attached hydrogens (tertiary/aromatic N) is 2. The van der Waals surface area contributed by atoms with Gasteiger partial charge in [-0.1, -0.05) is 0 Å². The number of benzene rings is 2. The van der Waals surface area contributed by atoms with Crippen LogP contribution in [-0.4, -0.2) is 59.4 Å². The van der Waals surface area contributed by atoms with Gasteiger partial charge in [0.2, 0.25) is 0 Å². The molecule has 10 heteroatoms. The Bertz CT molecular complexity index is 1270. The second-order valence-electron chi connectivity index (χ2n) is 10.1. The summed E-state index contributed by atoms with van der Waals surface area (Å²) in [6.45, 7) is 1.21. The number of aliphatic hydroxyl groups excluding tert-OH is 1. The summed E-state index contributed by atoms with van der Waals surface area (Å²) in [5, 5.41) is 21.5. The third-order valence-electron chi connectivity index (χ3n) is 7.58. The first-order valence-corrected chi connectivity index (χ1v) is 12.9. The first-order chi connectivity index (χ1) is 18.7. The molecule has 1 saturated heterocycles. The van der Waals surface area contributed by atoms with E-state index in [9.17, 15) is 28.2 Å². The van der Waals surface area contributed by atoms with E-state index in [2.05, 4.69) is 9.88 Å². The van der Waals surface area contributed by atoms with Crippen molar-refractivity contribution in [3.8, 4) is 11.5 Å². The van der Waals surface area contributed by atoms with Gasteiger partial charge in [0.1, 0.15) is 36.4 Å². The number of pyridine rings is 1. The minimum Gasteiger partial charge on any atom is -0.497 e. The van der Waals surface area contributed by atoms with Crippen LogP contribution >= 0.6 is 0 Å². The van der Waals surface area contributed by atoms with Crippen LogP contribution in [0.1, 0.15) is 49.3 Å². The molecule has 0 bridgehead atoms. The summed E-state index contributed by atoms with van der Waals surface area (Å²) in [4.78, 5) is 18.2. The molecule has 0 radical (unpaired) electrons. The van der Waals surface area contributed by atoms with Crippen molar-refractivity contribution in [2.75, 3.05) is 33.4 Å². The van der Waals surface area contributed by atoms with Gasteiger partial charge in [0, 0.05) is 41.9 Å². The summed E-state index contributed by atoms with van der Waals surface area (Å²) in [6, 6.07) is 8.26. The van der Waals surface area contributed by atoms with Gasteiger partial charge in [-0.15, -0.1) is 0 Å². The van der Waals surface area contributed by atoms with Gasteiger partial charge in [-0.3, -0.25) is 14.7 Å². The van der Waals surface area contributed by atoms with Crippen molar-refractivity contribution in [2.24, 2.45) is 5.41 Å². The normalized spacial score (nSPS) is 16.2. The lowest BCUT2D eigenvalue weighted by Crippen LogP contribution is -2.42. The number of aliphatic hydroxyl groups is 1. The highest BCUT2D eigenvalue weighted by atomic mass is 19.1. The van der Waals surface area contributed by atoms with Crippen LogP contribution in [0.15, 0.2) is 42.6 Å². The Morgan fingerprint density at radius 1 is 1.13 bits per heavy atom. The number of rotatable bonds is 12. The van der Waals surface area contributed by atoms with E-state index in [-0.39, 0.29) is 25.2 Å². The Labute approximate surface area is 225 Å². The second-order valence-corrected chi connectivity index (χ2v) is 10.1. The lowest BCUT2D eigenvalue weighted by atomic mass is 9.71. The van der Waals surface area contributed by atoms with Gasteiger partial charge >= 0.3 is 5.97 Å². The van der Waals surface area contributed by atoms with Crippen LogP contribution in [0.25, 0.3) is 10.9 Å². The van der Waals surface area contributed by atoms with Crippen LogP contribution in [0, 0.1) is 17.0 Å². The van der Waals surface area contributed by atoms with Crippen LogP contribution in [0.3, 0.4) is 0 Å². The maximum absolute atomic E-state index is 13.9. The average molecular weight is 547 g/mol. The van der Waals surface area contributed by atoms with Gasteiger partial charge in [-0.25, -0.2) is 13.2 Å². The number of ether oxygens (including phenoxy) is 2. The summed E-state index contributed by atoms with van der Waals surface area (Å²) in [5.41, 5.74) is 0.837. The Balaban J connectivity index is 1.40. The van der Waals surface area contributed by atoms with Crippen LogP contribution in [0.5, 0.6) is 11.5 Å². The van der Waals surface area contributed by atoms with Crippen molar-refractivity contribution in [3.05, 3.63) is 65.4 Å². The van der Waals surface area contributed by atoms with Crippen LogP contribution < -0.4 is 9.47 Å². The number of hydrogen-bond acceptors (Lipinski definition) is 6. The van der Waals surface area contributed by atoms with Gasteiger partial charge in [0.05, 0.1) is 25.2 Å². The molecule has 7 nitrogen and oxygen atoms in total. The Hall–Kier alpha value is -3.37. The molecule has 210 valence electrons. The van der Waals surface area contributed by atoms with Crippen molar-refractivity contribution >= 4 is 16.9 Å². The quantitative estimate of drug-likeness (QED) is 0.313. The number of halogens is 3. The summed E-state index contributed by atoms with van der Waals surface area (Å²) in [7, 11) is 1.53. The number of likely N-dealkylation sites (tertiary alicyclic amines) is 1. The summed E-state index contributed by atoms with van der Waals surface area (Å²) >= 11 is 0. The number of carboxylic acids is 1. The van der Waals surface area contributed by atoms with E-state index in [1.807, 2.05) is 0 Å². The number of aliphatic carboxylic acids is 1. The zero-order valence-corrected chi connectivity index (χ0v) is 21.8. The number of hydrogen-bond donors (Lipinski definition) is 2. The molecule has 0 amide bonds. The van der Waals surface area contributed by atoms with E-state index >= 15 is 0 Å². The molecule has 1 atom stereocenters. The fraction of sp³-hybridized carbons (Fsp3) is 0.448. The number of alkyl halides is 1. The van der Waals surface area contributed by atoms with Gasteiger partial charge in [-0.2, -0.15) is 0 Å². The fourth-order valence-corrected chi connectivity index (χ4v) is 5.44. The second kappa shape index (κ2) is 12.7. The van der Waals surface area contributed by atoms with Crippen molar-refractivity contribution in [2.45, 2.75) is 44.9 Å². The molecule has 4 rings (SSSR count). The fourth-order valence-electron chi connectivity index (χ4n) is 5.44. The molecule has 0 aliphatic carbocycles. The van der Waals surface area contributed by atoms with E-state index in [1.54, 1.807) is 18.2 Å². The number of piperidine rings is 1. The van der Waals surface area contributed by atoms with E-state index in [0.717, 1.165) is 18.2 Å². The van der Waals surface area contributed by atoms with E-state index in [0.29, 0.717) is 66.7 Å². The Morgan fingerprint density at radius 2 is 1.85 bits per heavy atom. The van der Waals surface area contributed by atoms with Crippen molar-refractivity contribution in [1.82, 2.24) is 9.88 Å². The van der Waals surface area contributed by atoms with Crippen molar-refractivity contribution in [1.29, 1.82) is 0 Å². The summed E-state index contributed by atoms with van der Waals surface area (Å²) in [6.07, 6.45) is 2.31. The monoisotopic (exact) mass is 546 g/mol. The highest BCUT2D eigenvalue weighted by molar-refractivity contribution is 5.85. The molecule has 2 N–H and O–H groups in total. The average Bonchev–Trinajstić information content (AvgIpc) is 2.91. The number of fused-ring (bicyclic) bond motifs is 1. The zero-order valence-electron chi connectivity index (χ0n) is 21.8. The standard InChI is InChI=1S/C29H33F3N2O5/c1-38-22-2-3-25-24(15-22)28(19(17-30)18-33-25)26(35)4-5-29(16-27(36)37)6-8-34(9-7-29)10-11-39-23-13-20(31)12-21(32)14-23/h2-3,12-15,18,26,35H,4-11,16-17H2,1H3,(H,36,37). The molecule has 0 spiro atoms. The molecule has 3 aromatic rings. The van der Waals surface area contributed by atoms with E-state index in [1.165, 1.54) is 13.3 Å². The predicted molar refractivity (Wildman–Crippen MR) is 140 cm³/mol. The highest BCUT2D eigenvalue weighted by Crippen LogP contribution is 2.42. The first kappa shape index (κ1) is 28.6. The Kier molecular flexibility index (Phi) is 9.29. The van der Waals surface area contributed by atoms with Gasteiger partial charge in [-0.05, 0) is 68.0 Å². The molecule has 1 aliphatic rings. The lowest BCUT2D eigenvalue weighted by Gasteiger charge is -2.41. The number of aromatic nitrogens is 1. The molecule has 1 aliphatic heterocycles. The molecular formula is C29H33F3N2O5. The molecule has 2 aromatic carbocycles. The van der Waals surface area contributed by atoms with Crippen LogP contribution in [-0.2, 0) is 11.5 Å².